The molecule has 1 aliphatic carbocycles. The molecule has 196 valence electrons. The van der Waals surface area contributed by atoms with E-state index in [9.17, 15) is 14.0 Å². The summed E-state index contributed by atoms with van der Waals surface area (Å²) in [4.78, 5) is 37.0. The van der Waals surface area contributed by atoms with Crippen LogP contribution in [-0.4, -0.2) is 39.8 Å². The highest BCUT2D eigenvalue weighted by Gasteiger charge is 2.54. The number of aromatic nitrogens is 1. The van der Waals surface area contributed by atoms with E-state index in [2.05, 4.69) is 29.1 Å². The predicted molar refractivity (Wildman–Crippen MR) is 137 cm³/mol. The second-order valence-corrected chi connectivity index (χ2v) is 11.4. The standard InChI is InChI=1S/C28H34FN5O3/c1-5-28(4)12-22(35)34(26(30)33-28)23(16-10-17(29)14-31-13-16)19-11-20(19)25(36)32-24-18-8-6-7-9-21(18)37-15-27(24,2)3/h6-10,13-14,19-20,23-24H,5,11-12,15H2,1-4H3,(H2,30,33)(H,32,36)/t19-,20-,23?,24+,28-/m0/s1. The third-order valence-electron chi connectivity index (χ3n) is 8.02. The lowest BCUT2D eigenvalue weighted by Gasteiger charge is -2.40. The number of halogens is 1. The number of nitrogens with two attached hydrogens (primary N) is 1. The number of fused-ring (bicyclic) bond motifs is 1. The van der Waals surface area contributed by atoms with Crippen molar-refractivity contribution in [2.45, 2.75) is 64.6 Å². The second-order valence-electron chi connectivity index (χ2n) is 11.4. The minimum Gasteiger partial charge on any atom is -0.493 e. The van der Waals surface area contributed by atoms with Gasteiger partial charge in [-0.1, -0.05) is 39.0 Å². The summed E-state index contributed by atoms with van der Waals surface area (Å²) in [6.45, 7) is 8.47. The monoisotopic (exact) mass is 507 g/mol. The SMILES string of the molecule is CC[C@@]1(C)CC(=O)N(C(c2cncc(F)c2)[C@H]2C[C@@H]2C(=O)N[C@@H]2c3ccccc3OCC2(C)C)C(N)=N1. The van der Waals surface area contributed by atoms with E-state index >= 15 is 0 Å². The number of ether oxygens (including phenoxy) is 1. The van der Waals surface area contributed by atoms with E-state index in [0.29, 0.717) is 25.0 Å². The van der Waals surface area contributed by atoms with Crippen LogP contribution in [0.1, 0.15) is 70.2 Å². The third-order valence-corrected chi connectivity index (χ3v) is 8.02. The normalized spacial score (nSPS) is 29.0. The van der Waals surface area contributed by atoms with Gasteiger partial charge in [0.25, 0.3) is 0 Å². The molecule has 1 fully saturated rings. The van der Waals surface area contributed by atoms with Gasteiger partial charge in [-0.2, -0.15) is 0 Å². The molecular formula is C28H34FN5O3. The molecule has 5 rings (SSSR count). The van der Waals surface area contributed by atoms with Crippen LogP contribution >= 0.6 is 0 Å². The zero-order valence-corrected chi connectivity index (χ0v) is 21.7. The first-order chi connectivity index (χ1) is 17.5. The second kappa shape index (κ2) is 9.11. The maximum absolute atomic E-state index is 14.2. The van der Waals surface area contributed by atoms with Crippen molar-refractivity contribution in [3.63, 3.8) is 0 Å². The Kier molecular flexibility index (Phi) is 6.20. The first-order valence-electron chi connectivity index (χ1n) is 12.8. The molecule has 9 heteroatoms. The molecule has 37 heavy (non-hydrogen) atoms. The lowest BCUT2D eigenvalue weighted by molar-refractivity contribution is -0.132. The van der Waals surface area contributed by atoms with Crippen molar-refractivity contribution >= 4 is 17.8 Å². The molecule has 3 aliphatic rings. The highest BCUT2D eigenvalue weighted by atomic mass is 19.1. The maximum Gasteiger partial charge on any atom is 0.232 e. The van der Waals surface area contributed by atoms with E-state index in [1.807, 2.05) is 38.1 Å². The smallest absolute Gasteiger partial charge is 0.232 e. The van der Waals surface area contributed by atoms with Gasteiger partial charge in [-0.25, -0.2) is 9.38 Å². The van der Waals surface area contributed by atoms with Gasteiger partial charge in [-0.15, -0.1) is 0 Å². The number of amides is 2. The number of nitrogens with one attached hydrogen (secondary N) is 1. The molecule has 1 aromatic heterocycles. The van der Waals surface area contributed by atoms with Gasteiger partial charge in [0, 0.05) is 23.1 Å². The molecule has 2 aliphatic heterocycles. The van der Waals surface area contributed by atoms with Crippen molar-refractivity contribution in [3.05, 3.63) is 59.7 Å². The largest absolute Gasteiger partial charge is 0.493 e. The average Bonchev–Trinajstić information content (AvgIpc) is 3.63. The molecule has 2 aromatic rings. The van der Waals surface area contributed by atoms with Gasteiger partial charge in [-0.05, 0) is 43.4 Å². The van der Waals surface area contributed by atoms with E-state index < -0.39 is 17.4 Å². The number of carbonyl (C=O) groups is 2. The number of pyridine rings is 1. The number of rotatable bonds is 6. The summed E-state index contributed by atoms with van der Waals surface area (Å²) in [5.41, 5.74) is 6.90. The van der Waals surface area contributed by atoms with Crippen molar-refractivity contribution in [2.75, 3.05) is 6.61 Å². The van der Waals surface area contributed by atoms with Crippen molar-refractivity contribution < 1.29 is 18.7 Å². The molecular weight excluding hydrogens is 473 g/mol. The van der Waals surface area contributed by atoms with Gasteiger partial charge >= 0.3 is 0 Å². The van der Waals surface area contributed by atoms with Gasteiger partial charge < -0.3 is 15.8 Å². The molecule has 1 unspecified atom stereocenters. The Morgan fingerprint density at radius 1 is 1.30 bits per heavy atom. The first kappa shape index (κ1) is 25.2. The lowest BCUT2D eigenvalue weighted by Crippen LogP contribution is -2.52. The lowest BCUT2D eigenvalue weighted by atomic mass is 9.79. The van der Waals surface area contributed by atoms with Crippen LogP contribution in [-0.2, 0) is 9.59 Å². The van der Waals surface area contributed by atoms with E-state index in [4.69, 9.17) is 10.5 Å². The number of benzene rings is 1. The molecule has 0 radical (unpaired) electrons. The topological polar surface area (TPSA) is 110 Å². The predicted octanol–water partition coefficient (Wildman–Crippen LogP) is 3.89. The van der Waals surface area contributed by atoms with Crippen molar-refractivity contribution in [2.24, 2.45) is 28.0 Å². The van der Waals surface area contributed by atoms with Crippen LogP contribution in [0.15, 0.2) is 47.7 Å². The molecule has 5 atom stereocenters. The van der Waals surface area contributed by atoms with E-state index in [1.54, 1.807) is 0 Å². The Bertz CT molecular complexity index is 1260. The van der Waals surface area contributed by atoms with Gasteiger partial charge in [0.15, 0.2) is 5.96 Å². The molecule has 1 saturated carbocycles. The van der Waals surface area contributed by atoms with Crippen LogP contribution in [0.25, 0.3) is 0 Å². The first-order valence-corrected chi connectivity index (χ1v) is 12.8. The minimum absolute atomic E-state index is 0.0976. The number of hydrogen-bond acceptors (Lipinski definition) is 6. The number of para-hydroxylation sites is 1. The number of hydrogen-bond donors (Lipinski definition) is 2. The van der Waals surface area contributed by atoms with Crippen LogP contribution in [0, 0.1) is 23.1 Å². The van der Waals surface area contributed by atoms with Crippen molar-refractivity contribution in [1.29, 1.82) is 0 Å². The molecule has 1 aromatic carbocycles. The number of aliphatic imine (C=N–C) groups is 1. The Labute approximate surface area is 216 Å². The van der Waals surface area contributed by atoms with E-state index in [0.717, 1.165) is 17.5 Å². The van der Waals surface area contributed by atoms with Gasteiger partial charge in [-0.3, -0.25) is 19.5 Å². The van der Waals surface area contributed by atoms with Gasteiger partial charge in [0.1, 0.15) is 11.6 Å². The Hall–Kier alpha value is -3.49. The maximum atomic E-state index is 14.2. The van der Waals surface area contributed by atoms with Crippen LogP contribution in [0.5, 0.6) is 5.75 Å². The Morgan fingerprint density at radius 3 is 2.76 bits per heavy atom. The van der Waals surface area contributed by atoms with Crippen molar-refractivity contribution in [3.8, 4) is 5.75 Å². The summed E-state index contributed by atoms with van der Waals surface area (Å²) >= 11 is 0. The fourth-order valence-corrected chi connectivity index (χ4v) is 5.59. The summed E-state index contributed by atoms with van der Waals surface area (Å²) in [7, 11) is 0. The van der Waals surface area contributed by atoms with Crippen LogP contribution in [0.2, 0.25) is 0 Å². The molecule has 3 N–H and O–H groups in total. The molecule has 8 nitrogen and oxygen atoms in total. The van der Waals surface area contributed by atoms with Crippen molar-refractivity contribution in [1.82, 2.24) is 15.2 Å². The quantitative estimate of drug-likeness (QED) is 0.617. The summed E-state index contributed by atoms with van der Waals surface area (Å²) < 4.78 is 20.1. The van der Waals surface area contributed by atoms with Crippen LogP contribution in [0.3, 0.4) is 0 Å². The molecule has 0 saturated heterocycles. The Morgan fingerprint density at radius 2 is 2.05 bits per heavy atom. The fraction of sp³-hybridized carbons (Fsp3) is 0.500. The molecule has 0 bridgehead atoms. The van der Waals surface area contributed by atoms with Crippen LogP contribution < -0.4 is 15.8 Å². The van der Waals surface area contributed by atoms with Gasteiger partial charge in [0.2, 0.25) is 11.8 Å². The number of carbonyl (C=O) groups excluding carboxylic acids is 2. The zero-order valence-electron chi connectivity index (χ0n) is 21.7. The number of guanidine groups is 1. The third kappa shape index (κ3) is 4.67. The zero-order chi connectivity index (χ0) is 26.5. The molecule has 0 spiro atoms. The van der Waals surface area contributed by atoms with Crippen LogP contribution in [0.4, 0.5) is 4.39 Å². The summed E-state index contributed by atoms with van der Waals surface area (Å²) in [5, 5.41) is 3.25. The van der Waals surface area contributed by atoms with E-state index in [1.165, 1.54) is 17.2 Å². The van der Waals surface area contributed by atoms with E-state index in [-0.39, 0.29) is 47.5 Å². The summed E-state index contributed by atoms with van der Waals surface area (Å²) in [6, 6.07) is 8.23. The highest BCUT2D eigenvalue weighted by Crippen LogP contribution is 2.52. The summed E-state index contributed by atoms with van der Waals surface area (Å²) in [6.07, 6.45) is 4.05. The highest BCUT2D eigenvalue weighted by molar-refractivity contribution is 5.99. The van der Waals surface area contributed by atoms with Gasteiger partial charge in [0.05, 0.1) is 36.8 Å². The molecule has 3 heterocycles. The fourth-order valence-electron chi connectivity index (χ4n) is 5.59. The number of nitrogens with zero attached hydrogens (tertiary/aromatic N) is 3. The summed E-state index contributed by atoms with van der Waals surface area (Å²) in [5.74, 6) is -0.539. The average molecular weight is 508 g/mol. The molecule has 2 amide bonds. The Balaban J connectivity index is 1.43. The minimum atomic E-state index is -0.633.